The lowest BCUT2D eigenvalue weighted by atomic mass is 10.0. The lowest BCUT2D eigenvalue weighted by Gasteiger charge is -2.19. The summed E-state index contributed by atoms with van der Waals surface area (Å²) in [5, 5.41) is 3.52. The number of carbonyl (C=O) groups excluding carboxylic acids is 1. The minimum absolute atomic E-state index is 0.119. The van der Waals surface area contributed by atoms with E-state index in [2.05, 4.69) is 37.4 Å². The summed E-state index contributed by atoms with van der Waals surface area (Å²) in [6.45, 7) is 6.70. The van der Waals surface area contributed by atoms with Gasteiger partial charge in [0.05, 0.1) is 5.02 Å². The Balaban J connectivity index is 2.04. The number of hydrogen-bond donors (Lipinski definition) is 1. The average Bonchev–Trinajstić information content (AvgIpc) is 2.65. The molecule has 2 rings (SSSR count). The van der Waals surface area contributed by atoms with E-state index in [1.54, 1.807) is 12.1 Å². The van der Waals surface area contributed by atoms with Gasteiger partial charge in [0.1, 0.15) is 5.75 Å². The standard InChI is InChI=1S/C21H26ClNO2/c1-4-15-11-12-16(5-2)17(13-15)14-23-21(24)19(6-3)25-20-10-8-7-9-18(20)22/h7-13,19H,4-6,14H2,1-3H3,(H,23,24)/t19-/m1/s1. The van der Waals surface area contributed by atoms with Crippen LogP contribution in [-0.2, 0) is 24.2 Å². The first-order valence-corrected chi connectivity index (χ1v) is 9.26. The molecular formula is C21H26ClNO2. The van der Waals surface area contributed by atoms with Crippen LogP contribution in [0.4, 0.5) is 0 Å². The predicted octanol–water partition coefficient (Wildman–Crippen LogP) is 4.94. The van der Waals surface area contributed by atoms with E-state index < -0.39 is 6.10 Å². The van der Waals surface area contributed by atoms with E-state index in [0.29, 0.717) is 23.7 Å². The van der Waals surface area contributed by atoms with Crippen molar-refractivity contribution in [3.63, 3.8) is 0 Å². The molecule has 3 nitrogen and oxygen atoms in total. The second kappa shape index (κ2) is 9.47. The van der Waals surface area contributed by atoms with Crippen LogP contribution < -0.4 is 10.1 Å². The van der Waals surface area contributed by atoms with Crippen LogP contribution in [0.2, 0.25) is 5.02 Å². The molecule has 0 heterocycles. The van der Waals surface area contributed by atoms with Gasteiger partial charge in [-0.05, 0) is 48.1 Å². The van der Waals surface area contributed by atoms with Crippen molar-refractivity contribution in [2.75, 3.05) is 0 Å². The van der Waals surface area contributed by atoms with Gasteiger partial charge < -0.3 is 10.1 Å². The molecule has 1 N–H and O–H groups in total. The molecule has 0 spiro atoms. The van der Waals surface area contributed by atoms with E-state index in [4.69, 9.17) is 16.3 Å². The zero-order valence-electron chi connectivity index (χ0n) is 15.1. The number of para-hydroxylation sites is 1. The van der Waals surface area contributed by atoms with E-state index in [9.17, 15) is 4.79 Å². The quantitative estimate of drug-likeness (QED) is 0.725. The van der Waals surface area contributed by atoms with Crippen LogP contribution in [0.25, 0.3) is 0 Å². The summed E-state index contributed by atoms with van der Waals surface area (Å²) in [6.07, 6.45) is 1.95. The highest BCUT2D eigenvalue weighted by atomic mass is 35.5. The molecule has 0 saturated carbocycles. The topological polar surface area (TPSA) is 38.3 Å². The van der Waals surface area contributed by atoms with Gasteiger partial charge in [0.25, 0.3) is 5.91 Å². The van der Waals surface area contributed by atoms with E-state index in [1.807, 2.05) is 19.1 Å². The van der Waals surface area contributed by atoms with Gasteiger partial charge >= 0.3 is 0 Å². The van der Waals surface area contributed by atoms with Gasteiger partial charge in [-0.2, -0.15) is 0 Å². The summed E-state index contributed by atoms with van der Waals surface area (Å²) in [5.74, 6) is 0.416. The molecule has 0 radical (unpaired) electrons. The van der Waals surface area contributed by atoms with Crippen LogP contribution in [-0.4, -0.2) is 12.0 Å². The molecule has 4 heteroatoms. The van der Waals surface area contributed by atoms with Gasteiger partial charge in [-0.3, -0.25) is 4.79 Å². The second-order valence-electron chi connectivity index (χ2n) is 5.97. The lowest BCUT2D eigenvalue weighted by molar-refractivity contribution is -0.128. The minimum atomic E-state index is -0.556. The van der Waals surface area contributed by atoms with Crippen molar-refractivity contribution in [2.24, 2.45) is 0 Å². The molecule has 0 bridgehead atoms. The molecule has 0 fully saturated rings. The molecule has 0 saturated heterocycles. The van der Waals surface area contributed by atoms with Gasteiger partial charge in [0, 0.05) is 6.54 Å². The zero-order valence-corrected chi connectivity index (χ0v) is 15.9. The van der Waals surface area contributed by atoms with Crippen molar-refractivity contribution in [1.29, 1.82) is 0 Å². The van der Waals surface area contributed by atoms with E-state index >= 15 is 0 Å². The number of carbonyl (C=O) groups is 1. The maximum atomic E-state index is 12.5. The number of hydrogen-bond acceptors (Lipinski definition) is 2. The third-order valence-electron chi connectivity index (χ3n) is 4.28. The molecule has 2 aromatic carbocycles. The van der Waals surface area contributed by atoms with Crippen molar-refractivity contribution in [3.8, 4) is 5.75 Å². The fourth-order valence-electron chi connectivity index (χ4n) is 2.72. The van der Waals surface area contributed by atoms with Gasteiger partial charge in [-0.15, -0.1) is 0 Å². The van der Waals surface area contributed by atoms with E-state index in [0.717, 1.165) is 12.8 Å². The first kappa shape index (κ1) is 19.3. The number of aryl methyl sites for hydroxylation is 2. The van der Waals surface area contributed by atoms with Gasteiger partial charge in [0.15, 0.2) is 6.10 Å². The monoisotopic (exact) mass is 359 g/mol. The molecule has 1 atom stereocenters. The van der Waals surface area contributed by atoms with Crippen molar-refractivity contribution >= 4 is 17.5 Å². The number of rotatable bonds is 8. The number of nitrogens with one attached hydrogen (secondary N) is 1. The minimum Gasteiger partial charge on any atom is -0.479 e. The van der Waals surface area contributed by atoms with Crippen molar-refractivity contribution in [3.05, 3.63) is 64.2 Å². The van der Waals surface area contributed by atoms with Gasteiger partial charge in [-0.25, -0.2) is 0 Å². The summed E-state index contributed by atoms with van der Waals surface area (Å²) in [4.78, 5) is 12.5. The first-order valence-electron chi connectivity index (χ1n) is 8.88. The van der Waals surface area contributed by atoms with Crippen LogP contribution in [0, 0.1) is 0 Å². The number of ether oxygens (including phenoxy) is 1. The third-order valence-corrected chi connectivity index (χ3v) is 4.59. The Kier molecular flexibility index (Phi) is 7.32. The Morgan fingerprint density at radius 2 is 1.84 bits per heavy atom. The van der Waals surface area contributed by atoms with Crippen LogP contribution in [0.1, 0.15) is 43.9 Å². The highest BCUT2D eigenvalue weighted by Gasteiger charge is 2.19. The zero-order chi connectivity index (χ0) is 18.2. The molecule has 25 heavy (non-hydrogen) atoms. The number of amides is 1. The van der Waals surface area contributed by atoms with Crippen LogP contribution in [0.15, 0.2) is 42.5 Å². The Morgan fingerprint density at radius 1 is 1.08 bits per heavy atom. The Morgan fingerprint density at radius 3 is 2.48 bits per heavy atom. The molecule has 0 aliphatic heterocycles. The maximum absolute atomic E-state index is 12.5. The van der Waals surface area contributed by atoms with Gasteiger partial charge in [-0.1, -0.05) is 62.7 Å². The highest BCUT2D eigenvalue weighted by molar-refractivity contribution is 6.32. The normalized spacial score (nSPS) is 11.8. The number of benzene rings is 2. The molecule has 134 valence electrons. The van der Waals surface area contributed by atoms with Crippen molar-refractivity contribution in [1.82, 2.24) is 5.32 Å². The molecule has 0 unspecified atom stereocenters. The van der Waals surface area contributed by atoms with Gasteiger partial charge in [0.2, 0.25) is 0 Å². The number of halogens is 1. The van der Waals surface area contributed by atoms with Crippen molar-refractivity contribution in [2.45, 2.75) is 52.7 Å². The Hall–Kier alpha value is -2.00. The largest absolute Gasteiger partial charge is 0.479 e. The summed E-state index contributed by atoms with van der Waals surface area (Å²) in [5.41, 5.74) is 3.71. The summed E-state index contributed by atoms with van der Waals surface area (Å²) in [7, 11) is 0. The summed E-state index contributed by atoms with van der Waals surface area (Å²) >= 11 is 6.12. The Labute approximate surface area is 155 Å². The van der Waals surface area contributed by atoms with Crippen LogP contribution in [0.3, 0.4) is 0 Å². The average molecular weight is 360 g/mol. The molecule has 0 aliphatic rings. The molecular weight excluding hydrogens is 334 g/mol. The summed E-state index contributed by atoms with van der Waals surface area (Å²) in [6, 6.07) is 13.7. The lowest BCUT2D eigenvalue weighted by Crippen LogP contribution is -2.37. The van der Waals surface area contributed by atoms with Crippen LogP contribution >= 0.6 is 11.6 Å². The molecule has 1 amide bonds. The molecule has 2 aromatic rings. The van der Waals surface area contributed by atoms with Crippen LogP contribution in [0.5, 0.6) is 5.75 Å². The highest BCUT2D eigenvalue weighted by Crippen LogP contribution is 2.25. The Bertz CT molecular complexity index is 715. The van der Waals surface area contributed by atoms with E-state index in [1.165, 1.54) is 16.7 Å². The SMILES string of the molecule is CCc1ccc(CC)c(CNC(=O)[C@@H](CC)Oc2ccccc2Cl)c1. The first-order chi connectivity index (χ1) is 12.1. The smallest absolute Gasteiger partial charge is 0.261 e. The fraction of sp³-hybridized carbons (Fsp3) is 0.381. The molecule has 0 aromatic heterocycles. The summed E-state index contributed by atoms with van der Waals surface area (Å²) < 4.78 is 5.80. The third kappa shape index (κ3) is 5.23. The second-order valence-corrected chi connectivity index (χ2v) is 6.38. The molecule has 0 aliphatic carbocycles. The van der Waals surface area contributed by atoms with E-state index in [-0.39, 0.29) is 5.91 Å². The predicted molar refractivity (Wildman–Crippen MR) is 103 cm³/mol. The fourth-order valence-corrected chi connectivity index (χ4v) is 2.90. The van der Waals surface area contributed by atoms with Crippen molar-refractivity contribution < 1.29 is 9.53 Å². The maximum Gasteiger partial charge on any atom is 0.261 e.